The van der Waals surface area contributed by atoms with E-state index >= 15 is 0 Å². The van der Waals surface area contributed by atoms with E-state index in [1.165, 1.54) is 0 Å². The highest BCUT2D eigenvalue weighted by Crippen LogP contribution is 2.12. The number of urea groups is 1. The Kier molecular flexibility index (Phi) is 5.61. The second kappa shape index (κ2) is 7.66. The highest BCUT2D eigenvalue weighted by Gasteiger charge is 2.09. The van der Waals surface area contributed by atoms with Gasteiger partial charge in [-0.1, -0.05) is 29.8 Å². The second-order valence-corrected chi connectivity index (χ2v) is 5.29. The third-order valence-corrected chi connectivity index (χ3v) is 3.34. The second-order valence-electron chi connectivity index (χ2n) is 4.85. The van der Waals surface area contributed by atoms with Gasteiger partial charge < -0.3 is 15.0 Å². The maximum Gasteiger partial charge on any atom is 0.317 e. The minimum absolute atomic E-state index is 0.157. The van der Waals surface area contributed by atoms with Gasteiger partial charge in [-0.25, -0.2) is 9.78 Å². The number of ether oxygens (including phenoxy) is 1. The van der Waals surface area contributed by atoms with Gasteiger partial charge in [-0.15, -0.1) is 0 Å². The highest BCUT2D eigenvalue weighted by atomic mass is 35.5. The number of nitrogens with zero attached hydrogens (tertiary/aromatic N) is 2. The van der Waals surface area contributed by atoms with Crippen LogP contribution in [-0.4, -0.2) is 30.1 Å². The minimum Gasteiger partial charge on any atom is -0.481 e. The van der Waals surface area contributed by atoms with Crippen LogP contribution < -0.4 is 10.1 Å². The molecule has 1 N–H and O–H groups in total. The molecule has 0 saturated carbocycles. The van der Waals surface area contributed by atoms with E-state index in [0.29, 0.717) is 24.0 Å². The number of hydrogen-bond acceptors (Lipinski definition) is 3. The Morgan fingerprint density at radius 2 is 2.14 bits per heavy atom. The van der Waals surface area contributed by atoms with E-state index in [1.54, 1.807) is 31.3 Å². The first-order chi connectivity index (χ1) is 10.6. The standard InChI is InChI=1S/C16H18ClN3O2/c1-20(11-12-4-3-5-14(17)8-12)16(21)19-10-13-6-7-15(22-2)18-9-13/h3-9H,10-11H2,1-2H3,(H,19,21). The Morgan fingerprint density at radius 3 is 2.77 bits per heavy atom. The van der Waals surface area contributed by atoms with Crippen molar-refractivity contribution < 1.29 is 9.53 Å². The molecule has 6 heteroatoms. The van der Waals surface area contributed by atoms with Crippen LogP contribution in [0.4, 0.5) is 4.79 Å². The average Bonchev–Trinajstić information content (AvgIpc) is 2.53. The maximum atomic E-state index is 12.1. The number of pyridine rings is 1. The van der Waals surface area contributed by atoms with Crippen molar-refractivity contribution in [2.45, 2.75) is 13.1 Å². The molecule has 0 saturated heterocycles. The van der Waals surface area contributed by atoms with E-state index in [0.717, 1.165) is 11.1 Å². The monoisotopic (exact) mass is 319 g/mol. The average molecular weight is 320 g/mol. The molecule has 116 valence electrons. The van der Waals surface area contributed by atoms with Gasteiger partial charge in [0.15, 0.2) is 0 Å². The summed E-state index contributed by atoms with van der Waals surface area (Å²) in [6.07, 6.45) is 1.68. The van der Waals surface area contributed by atoms with Crippen LogP contribution >= 0.6 is 11.6 Å². The summed E-state index contributed by atoms with van der Waals surface area (Å²) in [5, 5.41) is 3.51. The van der Waals surface area contributed by atoms with E-state index in [9.17, 15) is 4.79 Å². The molecule has 22 heavy (non-hydrogen) atoms. The van der Waals surface area contributed by atoms with Gasteiger partial charge in [0, 0.05) is 37.4 Å². The van der Waals surface area contributed by atoms with E-state index in [4.69, 9.17) is 16.3 Å². The molecule has 1 heterocycles. The van der Waals surface area contributed by atoms with Crippen LogP contribution in [0.25, 0.3) is 0 Å². The smallest absolute Gasteiger partial charge is 0.317 e. The first-order valence-electron chi connectivity index (χ1n) is 6.81. The van der Waals surface area contributed by atoms with Crippen molar-refractivity contribution in [3.8, 4) is 5.88 Å². The van der Waals surface area contributed by atoms with Gasteiger partial charge in [0.25, 0.3) is 0 Å². The molecule has 0 spiro atoms. The number of benzene rings is 1. The normalized spacial score (nSPS) is 10.1. The van der Waals surface area contributed by atoms with Crippen molar-refractivity contribution in [2.24, 2.45) is 0 Å². The van der Waals surface area contributed by atoms with Crippen LogP contribution in [0.1, 0.15) is 11.1 Å². The fraction of sp³-hybridized carbons (Fsp3) is 0.250. The van der Waals surface area contributed by atoms with Crippen LogP contribution in [-0.2, 0) is 13.1 Å². The Bertz CT molecular complexity index is 632. The van der Waals surface area contributed by atoms with Crippen molar-refractivity contribution in [3.05, 3.63) is 58.7 Å². The number of methoxy groups -OCH3 is 1. The van der Waals surface area contributed by atoms with Gasteiger partial charge in [-0.3, -0.25) is 0 Å². The van der Waals surface area contributed by atoms with Crippen LogP contribution in [0.5, 0.6) is 5.88 Å². The molecule has 1 aromatic carbocycles. The van der Waals surface area contributed by atoms with Gasteiger partial charge in [0.2, 0.25) is 5.88 Å². The number of rotatable bonds is 5. The number of hydrogen-bond donors (Lipinski definition) is 1. The fourth-order valence-corrected chi connectivity index (χ4v) is 2.14. The first-order valence-corrected chi connectivity index (χ1v) is 7.18. The lowest BCUT2D eigenvalue weighted by molar-refractivity contribution is 0.206. The van der Waals surface area contributed by atoms with Crippen LogP contribution in [0.15, 0.2) is 42.6 Å². The lowest BCUT2D eigenvalue weighted by Gasteiger charge is -2.18. The zero-order valence-corrected chi connectivity index (χ0v) is 13.3. The quantitative estimate of drug-likeness (QED) is 0.921. The molecule has 2 rings (SSSR count). The molecule has 0 bridgehead atoms. The number of carbonyl (C=O) groups excluding carboxylic acids is 1. The SMILES string of the molecule is COc1ccc(CNC(=O)N(C)Cc2cccc(Cl)c2)cn1. The largest absolute Gasteiger partial charge is 0.481 e. The summed E-state index contributed by atoms with van der Waals surface area (Å²) in [7, 11) is 3.30. The number of amides is 2. The van der Waals surface area contributed by atoms with E-state index in [1.807, 2.05) is 30.3 Å². The number of halogens is 1. The molecule has 0 radical (unpaired) electrons. The van der Waals surface area contributed by atoms with Crippen molar-refractivity contribution in [3.63, 3.8) is 0 Å². The summed E-state index contributed by atoms with van der Waals surface area (Å²) in [4.78, 5) is 17.8. The summed E-state index contributed by atoms with van der Waals surface area (Å²) in [5.74, 6) is 0.549. The molecule has 5 nitrogen and oxygen atoms in total. The lowest BCUT2D eigenvalue weighted by Crippen LogP contribution is -2.36. The topological polar surface area (TPSA) is 54.5 Å². The maximum absolute atomic E-state index is 12.1. The number of nitrogens with one attached hydrogen (secondary N) is 1. The summed E-state index contributed by atoms with van der Waals surface area (Å²) in [5.41, 5.74) is 1.89. The third-order valence-electron chi connectivity index (χ3n) is 3.11. The Hall–Kier alpha value is -2.27. The zero-order valence-electron chi connectivity index (χ0n) is 12.5. The summed E-state index contributed by atoms with van der Waals surface area (Å²) in [6, 6.07) is 10.9. The van der Waals surface area contributed by atoms with Crippen molar-refractivity contribution in [1.29, 1.82) is 0 Å². The molecule has 0 aliphatic rings. The molecular weight excluding hydrogens is 302 g/mol. The molecule has 0 aliphatic heterocycles. The fourth-order valence-electron chi connectivity index (χ4n) is 1.93. The highest BCUT2D eigenvalue weighted by molar-refractivity contribution is 6.30. The van der Waals surface area contributed by atoms with Crippen molar-refractivity contribution in [1.82, 2.24) is 15.2 Å². The number of carbonyl (C=O) groups is 1. The van der Waals surface area contributed by atoms with Gasteiger partial charge in [-0.05, 0) is 23.3 Å². The molecule has 2 amide bonds. The Balaban J connectivity index is 1.85. The lowest BCUT2D eigenvalue weighted by atomic mass is 10.2. The van der Waals surface area contributed by atoms with Crippen molar-refractivity contribution in [2.75, 3.05) is 14.2 Å². The van der Waals surface area contributed by atoms with E-state index in [2.05, 4.69) is 10.3 Å². The van der Waals surface area contributed by atoms with Crippen molar-refractivity contribution >= 4 is 17.6 Å². The summed E-state index contributed by atoms with van der Waals surface area (Å²) < 4.78 is 4.99. The Morgan fingerprint density at radius 1 is 1.32 bits per heavy atom. The van der Waals surface area contributed by atoms with Crippen LogP contribution in [0.2, 0.25) is 5.02 Å². The molecule has 0 aliphatic carbocycles. The van der Waals surface area contributed by atoms with Crippen LogP contribution in [0.3, 0.4) is 0 Å². The van der Waals surface area contributed by atoms with Gasteiger partial charge >= 0.3 is 6.03 Å². The first kappa shape index (κ1) is 16.1. The number of aromatic nitrogens is 1. The van der Waals surface area contributed by atoms with Gasteiger partial charge in [0.05, 0.1) is 7.11 Å². The summed E-state index contributed by atoms with van der Waals surface area (Å²) in [6.45, 7) is 0.906. The molecule has 0 unspecified atom stereocenters. The van der Waals surface area contributed by atoms with E-state index in [-0.39, 0.29) is 6.03 Å². The van der Waals surface area contributed by atoms with Gasteiger partial charge in [0.1, 0.15) is 0 Å². The zero-order chi connectivity index (χ0) is 15.9. The van der Waals surface area contributed by atoms with Gasteiger partial charge in [-0.2, -0.15) is 0 Å². The van der Waals surface area contributed by atoms with E-state index < -0.39 is 0 Å². The third kappa shape index (κ3) is 4.63. The summed E-state index contributed by atoms with van der Waals surface area (Å²) >= 11 is 5.94. The predicted molar refractivity (Wildman–Crippen MR) is 85.9 cm³/mol. The molecule has 0 atom stereocenters. The minimum atomic E-state index is -0.157. The molecule has 2 aromatic rings. The molecule has 1 aromatic heterocycles. The Labute approximate surface area is 134 Å². The molecular formula is C16H18ClN3O2. The predicted octanol–water partition coefficient (Wildman–Crippen LogP) is 3.09. The van der Waals surface area contributed by atoms with Crippen LogP contribution in [0, 0.1) is 0 Å². The molecule has 0 fully saturated rings.